The minimum absolute atomic E-state index is 0.704. The van der Waals surface area contributed by atoms with Crippen LogP contribution in [0.1, 0.15) is 32.4 Å². The molecule has 0 atom stereocenters. The molecule has 0 saturated carbocycles. The quantitative estimate of drug-likeness (QED) is 0.775. The van der Waals surface area contributed by atoms with E-state index < -0.39 is 0 Å². The smallest absolute Gasteiger partial charge is 0.0406 e. The van der Waals surface area contributed by atoms with Crippen LogP contribution in [0.2, 0.25) is 0 Å². The molecule has 0 aromatic carbocycles. The molecule has 0 N–H and O–H groups in total. The molecule has 0 unspecified atom stereocenters. The molecule has 1 fully saturated rings. The van der Waals surface area contributed by atoms with Crippen molar-refractivity contribution in [3.05, 3.63) is 30.1 Å². The van der Waals surface area contributed by atoms with E-state index in [9.17, 15) is 0 Å². The van der Waals surface area contributed by atoms with E-state index in [1.54, 1.807) is 0 Å². The Balaban J connectivity index is 1.82. The van der Waals surface area contributed by atoms with Gasteiger partial charge in [-0.25, -0.2) is 0 Å². The van der Waals surface area contributed by atoms with Gasteiger partial charge < -0.3 is 4.90 Å². The molecule has 2 heterocycles. The molecule has 1 aliphatic rings. The lowest BCUT2D eigenvalue weighted by atomic mass is 9.91. The number of hydrogen-bond acceptors (Lipinski definition) is 2. The summed E-state index contributed by atoms with van der Waals surface area (Å²) in [5, 5.41) is 0. The fraction of sp³-hybridized carbons (Fsp3) is 0.643. The number of pyridine rings is 1. The summed E-state index contributed by atoms with van der Waals surface area (Å²) in [6.45, 7) is 7.10. The molecule has 2 nitrogen and oxygen atoms in total. The molecule has 2 heteroatoms. The van der Waals surface area contributed by atoms with Crippen LogP contribution < -0.4 is 0 Å². The van der Waals surface area contributed by atoms with Crippen molar-refractivity contribution in [3.63, 3.8) is 0 Å². The van der Waals surface area contributed by atoms with Gasteiger partial charge in [0.15, 0.2) is 0 Å². The monoisotopic (exact) mass is 218 g/mol. The predicted octanol–water partition coefficient (Wildman–Crippen LogP) is 2.74. The second-order valence-corrected chi connectivity index (χ2v) is 5.10. The summed E-state index contributed by atoms with van der Waals surface area (Å²) in [4.78, 5) is 6.99. The number of aromatic nitrogens is 1. The number of nitrogens with zero attached hydrogens (tertiary/aromatic N) is 2. The van der Waals surface area contributed by atoms with Gasteiger partial charge in [0.1, 0.15) is 0 Å². The summed E-state index contributed by atoms with van der Waals surface area (Å²) in [5.41, 5.74) is 1.26. The van der Waals surface area contributed by atoms with Gasteiger partial charge in [0.05, 0.1) is 0 Å². The van der Waals surface area contributed by atoms with Crippen molar-refractivity contribution in [1.29, 1.82) is 0 Å². The fourth-order valence-electron chi connectivity index (χ4n) is 2.49. The third-order valence-electron chi connectivity index (χ3n) is 3.60. The third kappa shape index (κ3) is 3.05. The Hall–Kier alpha value is -0.890. The van der Waals surface area contributed by atoms with Crippen molar-refractivity contribution >= 4 is 0 Å². The first kappa shape index (κ1) is 11.6. The number of likely N-dealkylation sites (tertiary alicyclic amines) is 1. The predicted molar refractivity (Wildman–Crippen MR) is 67.4 cm³/mol. The van der Waals surface area contributed by atoms with Crippen molar-refractivity contribution in [1.82, 2.24) is 9.88 Å². The Kier molecular flexibility index (Phi) is 3.94. The van der Waals surface area contributed by atoms with Gasteiger partial charge in [0, 0.05) is 17.9 Å². The zero-order valence-corrected chi connectivity index (χ0v) is 10.4. The third-order valence-corrected chi connectivity index (χ3v) is 3.60. The van der Waals surface area contributed by atoms with Crippen LogP contribution in [0.15, 0.2) is 24.4 Å². The molecule has 1 aromatic rings. The molecule has 1 saturated heterocycles. The highest BCUT2D eigenvalue weighted by Crippen LogP contribution is 2.21. The SMILES string of the molecule is CC(C)N1CCC(Cc2ccccn2)CC1. The van der Waals surface area contributed by atoms with Crippen LogP contribution in [-0.2, 0) is 6.42 Å². The van der Waals surface area contributed by atoms with E-state index in [0.717, 1.165) is 12.3 Å². The molecular weight excluding hydrogens is 196 g/mol. The molecule has 0 spiro atoms. The van der Waals surface area contributed by atoms with Crippen LogP contribution in [0.4, 0.5) is 0 Å². The van der Waals surface area contributed by atoms with Crippen LogP contribution in [0, 0.1) is 5.92 Å². The molecule has 1 aliphatic heterocycles. The highest BCUT2D eigenvalue weighted by atomic mass is 15.1. The Morgan fingerprint density at radius 2 is 2.06 bits per heavy atom. The zero-order chi connectivity index (χ0) is 11.4. The van der Waals surface area contributed by atoms with E-state index >= 15 is 0 Å². The number of rotatable bonds is 3. The largest absolute Gasteiger partial charge is 0.301 e. The highest BCUT2D eigenvalue weighted by Gasteiger charge is 2.20. The van der Waals surface area contributed by atoms with E-state index in [2.05, 4.69) is 35.9 Å². The maximum absolute atomic E-state index is 4.41. The Morgan fingerprint density at radius 3 is 2.62 bits per heavy atom. The fourth-order valence-corrected chi connectivity index (χ4v) is 2.49. The molecule has 0 amide bonds. The second kappa shape index (κ2) is 5.44. The maximum Gasteiger partial charge on any atom is 0.0406 e. The van der Waals surface area contributed by atoms with E-state index in [1.165, 1.54) is 31.6 Å². The van der Waals surface area contributed by atoms with E-state index in [-0.39, 0.29) is 0 Å². The van der Waals surface area contributed by atoms with Crippen molar-refractivity contribution in [2.24, 2.45) is 5.92 Å². The van der Waals surface area contributed by atoms with Gasteiger partial charge in [-0.15, -0.1) is 0 Å². The van der Waals surface area contributed by atoms with Crippen molar-refractivity contribution in [2.45, 2.75) is 39.2 Å². The number of hydrogen-bond donors (Lipinski definition) is 0. The zero-order valence-electron chi connectivity index (χ0n) is 10.4. The van der Waals surface area contributed by atoms with E-state index in [1.807, 2.05) is 12.3 Å². The summed E-state index contributed by atoms with van der Waals surface area (Å²) >= 11 is 0. The minimum atomic E-state index is 0.704. The van der Waals surface area contributed by atoms with Crippen LogP contribution in [0.3, 0.4) is 0 Å². The molecule has 2 rings (SSSR count). The summed E-state index contributed by atoms with van der Waals surface area (Å²) < 4.78 is 0. The topological polar surface area (TPSA) is 16.1 Å². The lowest BCUT2D eigenvalue weighted by Gasteiger charge is -2.34. The van der Waals surface area contributed by atoms with Gasteiger partial charge in [0.25, 0.3) is 0 Å². The molecule has 1 aromatic heterocycles. The first-order valence-corrected chi connectivity index (χ1v) is 6.39. The van der Waals surface area contributed by atoms with Gasteiger partial charge in [-0.05, 0) is 64.3 Å². The Morgan fingerprint density at radius 1 is 1.31 bits per heavy atom. The minimum Gasteiger partial charge on any atom is -0.301 e. The van der Waals surface area contributed by atoms with Crippen molar-refractivity contribution in [2.75, 3.05) is 13.1 Å². The van der Waals surface area contributed by atoms with Gasteiger partial charge in [-0.3, -0.25) is 4.98 Å². The van der Waals surface area contributed by atoms with Gasteiger partial charge in [0.2, 0.25) is 0 Å². The average molecular weight is 218 g/mol. The normalized spacial score (nSPS) is 19.2. The first-order chi connectivity index (χ1) is 7.75. The van der Waals surface area contributed by atoms with Gasteiger partial charge in [-0.2, -0.15) is 0 Å². The Labute approximate surface area is 98.7 Å². The van der Waals surface area contributed by atoms with Crippen molar-refractivity contribution in [3.8, 4) is 0 Å². The van der Waals surface area contributed by atoms with Crippen LogP contribution in [0.5, 0.6) is 0 Å². The molecule has 0 radical (unpaired) electrons. The summed E-state index contributed by atoms with van der Waals surface area (Å²) in [6.07, 6.45) is 5.72. The van der Waals surface area contributed by atoms with Gasteiger partial charge >= 0.3 is 0 Å². The highest BCUT2D eigenvalue weighted by molar-refractivity contribution is 5.04. The van der Waals surface area contributed by atoms with Crippen LogP contribution in [-0.4, -0.2) is 29.0 Å². The lowest BCUT2D eigenvalue weighted by Crippen LogP contribution is -2.38. The maximum atomic E-state index is 4.41. The first-order valence-electron chi connectivity index (χ1n) is 6.39. The van der Waals surface area contributed by atoms with Crippen LogP contribution in [0.25, 0.3) is 0 Å². The van der Waals surface area contributed by atoms with Gasteiger partial charge in [-0.1, -0.05) is 6.07 Å². The molecule has 88 valence electrons. The molecule has 0 aliphatic carbocycles. The second-order valence-electron chi connectivity index (χ2n) is 5.10. The average Bonchev–Trinajstić information content (AvgIpc) is 2.31. The standard InChI is InChI=1S/C14H22N2/c1-12(2)16-9-6-13(7-10-16)11-14-5-3-4-8-15-14/h3-5,8,12-13H,6-7,9-11H2,1-2H3. The lowest BCUT2D eigenvalue weighted by molar-refractivity contribution is 0.149. The number of piperidine rings is 1. The summed E-state index contributed by atoms with van der Waals surface area (Å²) in [7, 11) is 0. The summed E-state index contributed by atoms with van der Waals surface area (Å²) in [6, 6.07) is 6.93. The van der Waals surface area contributed by atoms with Crippen molar-refractivity contribution < 1.29 is 0 Å². The van der Waals surface area contributed by atoms with E-state index in [4.69, 9.17) is 0 Å². The molecule has 16 heavy (non-hydrogen) atoms. The Bertz CT molecular complexity index is 300. The summed E-state index contributed by atoms with van der Waals surface area (Å²) in [5.74, 6) is 0.838. The molecular formula is C14H22N2. The molecule has 0 bridgehead atoms. The van der Waals surface area contributed by atoms with Crippen LogP contribution >= 0.6 is 0 Å². The van der Waals surface area contributed by atoms with E-state index in [0.29, 0.717) is 6.04 Å².